The minimum Gasteiger partial charge on any atom is -0.312 e. The van der Waals surface area contributed by atoms with Gasteiger partial charge in [-0.1, -0.05) is 41.5 Å². The first kappa shape index (κ1) is 13.5. The zero-order valence-electron chi connectivity index (χ0n) is 8.92. The summed E-state index contributed by atoms with van der Waals surface area (Å²) in [5, 5.41) is 0. The maximum absolute atomic E-state index is 12.1. The topological polar surface area (TPSA) is 34.1 Å². The van der Waals surface area contributed by atoms with Crippen LogP contribution in [-0.2, 0) is 21.1 Å². The quantitative estimate of drug-likeness (QED) is 0.457. The fourth-order valence-corrected chi connectivity index (χ4v) is 1.49. The molecule has 17 heavy (non-hydrogen) atoms. The van der Waals surface area contributed by atoms with Gasteiger partial charge in [0.25, 0.3) is 0 Å². The summed E-state index contributed by atoms with van der Waals surface area (Å²) in [6.07, 6.45) is 0.673. The van der Waals surface area contributed by atoms with Gasteiger partial charge in [-0.05, 0) is 0 Å². The summed E-state index contributed by atoms with van der Waals surface area (Å²) in [6, 6.07) is 16.4. The molecule has 0 radical (unpaired) electrons. The minimum atomic E-state index is -0.142. The summed E-state index contributed by atoms with van der Waals surface area (Å²) in [7, 11) is 0. The van der Waals surface area contributed by atoms with E-state index >= 15 is 0 Å². The van der Waals surface area contributed by atoms with Crippen LogP contribution in [0.15, 0.2) is 48.5 Å². The Morgan fingerprint density at radius 2 is 1.82 bits per heavy atom. The molecule has 0 aromatic heterocycles. The Labute approximate surface area is 114 Å². The number of ketones is 1. The van der Waals surface area contributed by atoms with E-state index in [0.717, 1.165) is 0 Å². The average molecular weight is 393 g/mol. The molecule has 0 saturated carbocycles. The van der Waals surface area contributed by atoms with E-state index in [-0.39, 0.29) is 26.8 Å². The first-order valence-electron chi connectivity index (χ1n) is 4.88. The molecule has 0 saturated heterocycles. The monoisotopic (exact) mass is 393 g/mol. The van der Waals surface area contributed by atoms with E-state index in [2.05, 4.69) is 6.07 Å². The van der Waals surface area contributed by atoms with Gasteiger partial charge in [0, 0.05) is 26.6 Å². The first-order chi connectivity index (χ1) is 7.83. The molecular formula is C14H9O2W-. The molecular weight excluding hydrogens is 384 g/mol. The van der Waals surface area contributed by atoms with Crippen molar-refractivity contribution in [3.63, 3.8) is 0 Å². The van der Waals surface area contributed by atoms with Gasteiger partial charge in [-0.15, -0.1) is 0 Å². The van der Waals surface area contributed by atoms with Crippen molar-refractivity contribution in [2.75, 3.05) is 0 Å². The number of hydrogen-bond donors (Lipinski definition) is 0. The standard InChI is InChI=1S/C14H9O2.W/c15-10-12-8-4-5-9-13(12)14(16)11-6-2-1-3-7-11;/h1-3,5-10H;/q-1;. The molecule has 2 aromatic carbocycles. The Kier molecular flexibility index (Phi) is 4.99. The second kappa shape index (κ2) is 6.26. The van der Waals surface area contributed by atoms with E-state index in [1.54, 1.807) is 36.4 Å². The zero-order valence-corrected chi connectivity index (χ0v) is 11.9. The molecule has 0 fully saturated rings. The Bertz CT molecular complexity index is 521. The molecule has 3 heteroatoms. The van der Waals surface area contributed by atoms with E-state index < -0.39 is 0 Å². The smallest absolute Gasteiger partial charge is 0.169 e. The fourth-order valence-electron chi connectivity index (χ4n) is 1.49. The number of carbonyl (C=O) groups is 2. The van der Waals surface area contributed by atoms with Crippen molar-refractivity contribution in [2.45, 2.75) is 0 Å². The zero-order chi connectivity index (χ0) is 11.4. The van der Waals surface area contributed by atoms with Gasteiger partial charge >= 0.3 is 0 Å². The fraction of sp³-hybridized carbons (Fsp3) is 0. The summed E-state index contributed by atoms with van der Waals surface area (Å²) in [6.45, 7) is 0. The van der Waals surface area contributed by atoms with E-state index in [9.17, 15) is 9.59 Å². The van der Waals surface area contributed by atoms with E-state index in [1.165, 1.54) is 6.07 Å². The third-order valence-electron chi connectivity index (χ3n) is 2.30. The molecule has 2 aromatic rings. The number of benzene rings is 2. The van der Waals surface area contributed by atoms with Gasteiger partial charge in [-0.3, -0.25) is 4.79 Å². The van der Waals surface area contributed by atoms with Gasteiger partial charge in [-0.2, -0.15) is 24.3 Å². The van der Waals surface area contributed by atoms with Crippen LogP contribution in [0.4, 0.5) is 0 Å². The summed E-state index contributed by atoms with van der Waals surface area (Å²) < 4.78 is 0. The van der Waals surface area contributed by atoms with Gasteiger partial charge in [-0.25, -0.2) is 0 Å². The molecule has 0 spiro atoms. The third-order valence-corrected chi connectivity index (χ3v) is 2.30. The predicted octanol–water partition coefficient (Wildman–Crippen LogP) is 2.53. The molecule has 0 aliphatic rings. The Morgan fingerprint density at radius 1 is 1.12 bits per heavy atom. The van der Waals surface area contributed by atoms with E-state index in [1.807, 2.05) is 6.07 Å². The van der Waals surface area contributed by atoms with Crippen LogP contribution < -0.4 is 0 Å². The van der Waals surface area contributed by atoms with Crippen LogP contribution in [0, 0.1) is 6.07 Å². The van der Waals surface area contributed by atoms with Gasteiger partial charge in [0.2, 0.25) is 0 Å². The van der Waals surface area contributed by atoms with Crippen LogP contribution in [0.1, 0.15) is 26.3 Å². The van der Waals surface area contributed by atoms with Gasteiger partial charge in [0.05, 0.1) is 6.29 Å². The van der Waals surface area contributed by atoms with Crippen molar-refractivity contribution < 1.29 is 30.7 Å². The van der Waals surface area contributed by atoms with Crippen molar-refractivity contribution in [3.8, 4) is 0 Å². The van der Waals surface area contributed by atoms with Crippen molar-refractivity contribution >= 4 is 12.1 Å². The van der Waals surface area contributed by atoms with Crippen molar-refractivity contribution in [1.29, 1.82) is 0 Å². The summed E-state index contributed by atoms with van der Waals surface area (Å²) in [4.78, 5) is 22.8. The second-order valence-corrected chi connectivity index (χ2v) is 3.33. The number of carbonyl (C=O) groups excluding carboxylic acids is 2. The molecule has 2 nitrogen and oxygen atoms in total. The molecule has 0 amide bonds. The molecule has 2 rings (SSSR count). The van der Waals surface area contributed by atoms with Gasteiger partial charge in [0.15, 0.2) is 5.78 Å². The van der Waals surface area contributed by atoms with Crippen molar-refractivity contribution in [3.05, 3.63) is 71.3 Å². The number of aldehydes is 1. The largest absolute Gasteiger partial charge is 0.312 e. The molecule has 0 unspecified atom stereocenters. The van der Waals surface area contributed by atoms with Gasteiger partial charge in [0.1, 0.15) is 0 Å². The predicted molar refractivity (Wildman–Crippen MR) is 60.5 cm³/mol. The molecule has 0 N–H and O–H groups in total. The molecule has 0 aliphatic carbocycles. The van der Waals surface area contributed by atoms with Crippen LogP contribution >= 0.6 is 0 Å². The van der Waals surface area contributed by atoms with Crippen LogP contribution in [0.5, 0.6) is 0 Å². The van der Waals surface area contributed by atoms with Crippen LogP contribution in [0.2, 0.25) is 0 Å². The number of rotatable bonds is 3. The Hall–Kier alpha value is -1.53. The maximum atomic E-state index is 12.1. The van der Waals surface area contributed by atoms with E-state index in [0.29, 0.717) is 23.0 Å². The van der Waals surface area contributed by atoms with Crippen molar-refractivity contribution in [2.24, 2.45) is 0 Å². The minimum absolute atomic E-state index is 0. The Balaban J connectivity index is 0.00000144. The van der Waals surface area contributed by atoms with Crippen LogP contribution in [-0.4, -0.2) is 12.1 Å². The molecule has 0 bridgehead atoms. The average Bonchev–Trinajstić information content (AvgIpc) is 2.39. The maximum Gasteiger partial charge on any atom is 0.169 e. The van der Waals surface area contributed by atoms with Crippen molar-refractivity contribution in [1.82, 2.24) is 0 Å². The SMILES string of the molecule is O=Cc1c[c-]ccc1C(=O)c1ccccc1.[W]. The molecule has 0 heterocycles. The second-order valence-electron chi connectivity index (χ2n) is 3.33. The molecule has 0 aliphatic heterocycles. The molecule has 0 atom stereocenters. The summed E-state index contributed by atoms with van der Waals surface area (Å²) in [5.41, 5.74) is 1.37. The van der Waals surface area contributed by atoms with Crippen LogP contribution in [0.3, 0.4) is 0 Å². The Morgan fingerprint density at radius 3 is 2.47 bits per heavy atom. The van der Waals surface area contributed by atoms with E-state index in [4.69, 9.17) is 0 Å². The first-order valence-corrected chi connectivity index (χ1v) is 4.88. The molecule has 84 valence electrons. The number of hydrogen-bond acceptors (Lipinski definition) is 2. The summed E-state index contributed by atoms with van der Waals surface area (Å²) >= 11 is 0. The summed E-state index contributed by atoms with van der Waals surface area (Å²) in [5.74, 6) is -0.142. The van der Waals surface area contributed by atoms with Crippen LogP contribution in [0.25, 0.3) is 0 Å². The third kappa shape index (κ3) is 2.98. The van der Waals surface area contributed by atoms with Gasteiger partial charge < -0.3 is 4.79 Å². The normalized spacial score (nSPS) is 9.18.